The molecule has 0 fully saturated rings. The SMILES string of the molecule is CC(=O)c1cccc(C(=O)O)c1.CC(=O)c1cccc(C(=O)O)c1.COC(=O)c1cccc(C(=O)O)c1. The third-order valence-electron chi connectivity index (χ3n) is 4.56. The number of carboxylic acid groups (broad SMARTS) is 3. The Bertz CT molecular complexity index is 1200. The van der Waals surface area contributed by atoms with Gasteiger partial charge in [0, 0.05) is 11.1 Å². The highest BCUT2D eigenvalue weighted by molar-refractivity contribution is 5.98. The topological polar surface area (TPSA) is 172 Å². The zero-order valence-electron chi connectivity index (χ0n) is 20.1. The minimum Gasteiger partial charge on any atom is -0.478 e. The van der Waals surface area contributed by atoms with Crippen molar-refractivity contribution >= 4 is 35.4 Å². The van der Waals surface area contributed by atoms with Crippen LogP contribution in [0.1, 0.15) is 76.0 Å². The van der Waals surface area contributed by atoms with E-state index >= 15 is 0 Å². The number of ether oxygens (including phenoxy) is 1. The summed E-state index contributed by atoms with van der Waals surface area (Å²) in [6.45, 7) is 2.81. The van der Waals surface area contributed by atoms with Gasteiger partial charge >= 0.3 is 23.9 Å². The van der Waals surface area contributed by atoms with Gasteiger partial charge in [0.25, 0.3) is 0 Å². The molecule has 0 bridgehead atoms. The monoisotopic (exact) mass is 508 g/mol. The summed E-state index contributed by atoms with van der Waals surface area (Å²) in [6.07, 6.45) is 0. The van der Waals surface area contributed by atoms with Crippen molar-refractivity contribution in [2.45, 2.75) is 13.8 Å². The molecule has 192 valence electrons. The van der Waals surface area contributed by atoms with E-state index in [1.54, 1.807) is 24.3 Å². The van der Waals surface area contributed by atoms with Crippen LogP contribution >= 0.6 is 0 Å². The second kappa shape index (κ2) is 14.3. The fourth-order valence-corrected chi connectivity index (χ4v) is 2.64. The van der Waals surface area contributed by atoms with Crippen molar-refractivity contribution in [1.29, 1.82) is 0 Å². The number of aromatic carboxylic acids is 3. The Labute approximate surface area is 211 Å². The van der Waals surface area contributed by atoms with Gasteiger partial charge in [-0.15, -0.1) is 0 Å². The predicted octanol–water partition coefficient (Wildman–Crippen LogP) is 4.35. The molecule has 3 aromatic rings. The second-order valence-electron chi connectivity index (χ2n) is 7.26. The van der Waals surface area contributed by atoms with Crippen molar-refractivity contribution in [3.05, 3.63) is 106 Å². The summed E-state index contributed by atoms with van der Waals surface area (Å²) in [5, 5.41) is 25.8. The van der Waals surface area contributed by atoms with E-state index in [2.05, 4.69) is 4.74 Å². The number of benzene rings is 3. The van der Waals surface area contributed by atoms with Crippen molar-refractivity contribution in [1.82, 2.24) is 0 Å². The number of hydrogen-bond donors (Lipinski definition) is 3. The Morgan fingerprint density at radius 1 is 0.514 bits per heavy atom. The Balaban J connectivity index is 0.000000278. The molecule has 0 aliphatic heterocycles. The largest absolute Gasteiger partial charge is 0.478 e. The Morgan fingerprint density at radius 2 is 0.784 bits per heavy atom. The lowest BCUT2D eigenvalue weighted by Crippen LogP contribution is -2.03. The van der Waals surface area contributed by atoms with Gasteiger partial charge in [0.1, 0.15) is 0 Å². The van der Waals surface area contributed by atoms with Crippen LogP contribution in [0.25, 0.3) is 0 Å². The highest BCUT2D eigenvalue weighted by atomic mass is 16.5. The first-order valence-corrected chi connectivity index (χ1v) is 10.5. The molecule has 0 unspecified atom stereocenters. The third-order valence-corrected chi connectivity index (χ3v) is 4.56. The first kappa shape index (κ1) is 29.9. The van der Waals surface area contributed by atoms with Gasteiger partial charge < -0.3 is 20.1 Å². The van der Waals surface area contributed by atoms with Gasteiger partial charge in [-0.2, -0.15) is 0 Å². The van der Waals surface area contributed by atoms with Gasteiger partial charge in [0.2, 0.25) is 0 Å². The average molecular weight is 508 g/mol. The molecular formula is C27H24O10. The summed E-state index contributed by atoms with van der Waals surface area (Å²) in [5.74, 6) is -3.89. The summed E-state index contributed by atoms with van der Waals surface area (Å²) < 4.78 is 4.44. The molecule has 10 heteroatoms. The second-order valence-corrected chi connectivity index (χ2v) is 7.26. The van der Waals surface area contributed by atoms with Crippen molar-refractivity contribution in [2.75, 3.05) is 7.11 Å². The van der Waals surface area contributed by atoms with Gasteiger partial charge in [0.05, 0.1) is 29.4 Å². The molecule has 0 saturated heterocycles. The zero-order chi connectivity index (χ0) is 28.1. The van der Waals surface area contributed by atoms with Crippen molar-refractivity contribution in [3.8, 4) is 0 Å². The number of methoxy groups -OCH3 is 1. The van der Waals surface area contributed by atoms with Gasteiger partial charge in [-0.3, -0.25) is 9.59 Å². The fraction of sp³-hybridized carbons (Fsp3) is 0.111. The number of carbonyl (C=O) groups is 6. The van der Waals surface area contributed by atoms with E-state index in [1.165, 1.54) is 69.5 Å². The number of rotatable bonds is 6. The fourth-order valence-electron chi connectivity index (χ4n) is 2.64. The van der Waals surface area contributed by atoms with E-state index < -0.39 is 23.9 Å². The lowest BCUT2D eigenvalue weighted by molar-refractivity contribution is 0.0598. The molecule has 0 spiro atoms. The number of esters is 1. The Morgan fingerprint density at radius 3 is 1.05 bits per heavy atom. The molecule has 0 atom stereocenters. The highest BCUT2D eigenvalue weighted by Crippen LogP contribution is 2.07. The number of Topliss-reactive ketones (excluding diaryl/α,β-unsaturated/α-hetero) is 2. The summed E-state index contributed by atoms with van der Waals surface area (Å²) in [4.78, 5) is 64.1. The van der Waals surface area contributed by atoms with Crippen LogP contribution in [-0.4, -0.2) is 57.9 Å². The molecule has 37 heavy (non-hydrogen) atoms. The lowest BCUT2D eigenvalue weighted by atomic mass is 10.1. The van der Waals surface area contributed by atoms with Gasteiger partial charge in [0.15, 0.2) is 11.6 Å². The van der Waals surface area contributed by atoms with E-state index in [1.807, 2.05) is 0 Å². The lowest BCUT2D eigenvalue weighted by Gasteiger charge is -1.99. The van der Waals surface area contributed by atoms with Crippen molar-refractivity contribution in [3.63, 3.8) is 0 Å². The van der Waals surface area contributed by atoms with Gasteiger partial charge in [-0.1, -0.05) is 30.3 Å². The Kier molecular flexibility index (Phi) is 11.6. The number of hydrogen-bond acceptors (Lipinski definition) is 7. The van der Waals surface area contributed by atoms with Crippen LogP contribution in [0.3, 0.4) is 0 Å². The van der Waals surface area contributed by atoms with Crippen LogP contribution in [-0.2, 0) is 4.74 Å². The maximum absolute atomic E-state index is 11.0. The summed E-state index contributed by atoms with van der Waals surface area (Å²) >= 11 is 0. The van der Waals surface area contributed by atoms with Crippen LogP contribution in [0.2, 0.25) is 0 Å². The van der Waals surface area contributed by atoms with E-state index in [0.717, 1.165) is 0 Å². The summed E-state index contributed by atoms with van der Waals surface area (Å²) in [6, 6.07) is 17.6. The summed E-state index contributed by atoms with van der Waals surface area (Å²) in [7, 11) is 1.25. The molecule has 0 aliphatic carbocycles. The van der Waals surface area contributed by atoms with Crippen LogP contribution in [0, 0.1) is 0 Å². The van der Waals surface area contributed by atoms with Crippen LogP contribution in [0.15, 0.2) is 72.8 Å². The van der Waals surface area contributed by atoms with E-state index in [4.69, 9.17) is 15.3 Å². The number of carbonyl (C=O) groups excluding carboxylic acids is 3. The molecule has 10 nitrogen and oxygen atoms in total. The van der Waals surface area contributed by atoms with Crippen molar-refractivity contribution in [2.24, 2.45) is 0 Å². The zero-order valence-corrected chi connectivity index (χ0v) is 20.1. The molecule has 0 aliphatic rings. The third kappa shape index (κ3) is 9.95. The Hall–Kier alpha value is -5.12. The van der Waals surface area contributed by atoms with Crippen LogP contribution < -0.4 is 0 Å². The van der Waals surface area contributed by atoms with Crippen LogP contribution in [0.4, 0.5) is 0 Å². The van der Waals surface area contributed by atoms with Crippen molar-refractivity contribution < 1.29 is 48.8 Å². The van der Waals surface area contributed by atoms with Gasteiger partial charge in [-0.05, 0) is 56.3 Å². The molecule has 3 aromatic carbocycles. The molecule has 0 aromatic heterocycles. The quantitative estimate of drug-likeness (QED) is 0.321. The highest BCUT2D eigenvalue weighted by Gasteiger charge is 2.09. The van der Waals surface area contributed by atoms with Gasteiger partial charge in [-0.25, -0.2) is 19.2 Å². The first-order valence-electron chi connectivity index (χ1n) is 10.5. The average Bonchev–Trinajstić information content (AvgIpc) is 2.89. The number of ketones is 2. The molecular weight excluding hydrogens is 484 g/mol. The van der Waals surface area contributed by atoms with Crippen LogP contribution in [0.5, 0.6) is 0 Å². The molecule has 0 saturated carbocycles. The molecule has 3 N–H and O–H groups in total. The summed E-state index contributed by atoms with van der Waals surface area (Å²) in [5.41, 5.74) is 1.44. The maximum atomic E-state index is 11.0. The molecule has 0 radical (unpaired) electrons. The molecule has 0 amide bonds. The van der Waals surface area contributed by atoms with E-state index in [0.29, 0.717) is 11.1 Å². The smallest absolute Gasteiger partial charge is 0.337 e. The minimum absolute atomic E-state index is 0.0721. The first-order chi connectivity index (χ1) is 17.4. The van der Waals surface area contributed by atoms with E-state index in [-0.39, 0.29) is 33.8 Å². The molecule has 0 heterocycles. The standard InChI is InChI=1S/C9H8O4.2C9H8O3/c1-13-9(12)7-4-2-3-6(5-7)8(10)11;2*1-6(10)7-3-2-4-8(5-7)9(11)12/h2-5H,1H3,(H,10,11);2*2-5H,1H3,(H,11,12). The minimum atomic E-state index is -1.06. The normalized spacial score (nSPS) is 9.38. The molecule has 3 rings (SSSR count). The number of carboxylic acids is 3. The maximum Gasteiger partial charge on any atom is 0.337 e. The van der Waals surface area contributed by atoms with E-state index in [9.17, 15) is 28.8 Å². The predicted molar refractivity (Wildman–Crippen MR) is 132 cm³/mol.